The van der Waals surface area contributed by atoms with Gasteiger partial charge in [0, 0.05) is 26.1 Å². The molecular formula is C17H27N3O. The minimum Gasteiger partial charge on any atom is -0.379 e. The highest BCUT2D eigenvalue weighted by molar-refractivity contribution is 5.75. The Morgan fingerprint density at radius 1 is 1.24 bits per heavy atom. The number of ether oxygens (including phenoxy) is 1. The molecule has 0 atom stereocenters. The van der Waals surface area contributed by atoms with Crippen molar-refractivity contribution < 1.29 is 4.74 Å². The van der Waals surface area contributed by atoms with E-state index in [4.69, 9.17) is 9.72 Å². The third-order valence-corrected chi connectivity index (χ3v) is 3.51. The second-order valence-corrected chi connectivity index (χ2v) is 5.55. The maximum atomic E-state index is 5.53. The Balaban J connectivity index is 1.80. The van der Waals surface area contributed by atoms with Gasteiger partial charge >= 0.3 is 0 Å². The van der Waals surface area contributed by atoms with Crippen molar-refractivity contribution in [3.8, 4) is 0 Å². The fraction of sp³-hybridized carbons (Fsp3) is 0.588. The molecule has 116 valence electrons. The SMILES string of the molecule is CCc1nc2ccccc2n1CCNCCCOC(C)C. The van der Waals surface area contributed by atoms with E-state index in [0.717, 1.165) is 44.6 Å². The lowest BCUT2D eigenvalue weighted by Gasteiger charge is -2.10. The number of benzene rings is 1. The number of aryl methyl sites for hydroxylation is 1. The predicted molar refractivity (Wildman–Crippen MR) is 87.7 cm³/mol. The first kappa shape index (κ1) is 16.0. The lowest BCUT2D eigenvalue weighted by atomic mass is 10.3. The fourth-order valence-corrected chi connectivity index (χ4v) is 2.48. The summed E-state index contributed by atoms with van der Waals surface area (Å²) >= 11 is 0. The van der Waals surface area contributed by atoms with Crippen LogP contribution < -0.4 is 5.32 Å². The van der Waals surface area contributed by atoms with Gasteiger partial charge in [-0.1, -0.05) is 19.1 Å². The van der Waals surface area contributed by atoms with Crippen molar-refractivity contribution in [2.75, 3.05) is 19.7 Å². The van der Waals surface area contributed by atoms with Gasteiger partial charge < -0.3 is 14.6 Å². The zero-order valence-electron chi connectivity index (χ0n) is 13.4. The third kappa shape index (κ3) is 4.55. The van der Waals surface area contributed by atoms with Gasteiger partial charge in [-0.3, -0.25) is 0 Å². The van der Waals surface area contributed by atoms with Crippen molar-refractivity contribution >= 4 is 11.0 Å². The molecule has 0 radical (unpaired) electrons. The van der Waals surface area contributed by atoms with Gasteiger partial charge in [-0.05, 0) is 38.9 Å². The van der Waals surface area contributed by atoms with Crippen molar-refractivity contribution in [1.29, 1.82) is 0 Å². The van der Waals surface area contributed by atoms with Crippen molar-refractivity contribution in [3.05, 3.63) is 30.1 Å². The summed E-state index contributed by atoms with van der Waals surface area (Å²) in [6.07, 6.45) is 2.36. The van der Waals surface area contributed by atoms with E-state index in [2.05, 4.69) is 48.9 Å². The number of hydrogen-bond acceptors (Lipinski definition) is 3. The van der Waals surface area contributed by atoms with E-state index in [0.29, 0.717) is 6.10 Å². The van der Waals surface area contributed by atoms with E-state index in [-0.39, 0.29) is 0 Å². The Morgan fingerprint density at radius 3 is 2.81 bits per heavy atom. The van der Waals surface area contributed by atoms with Crippen LogP contribution >= 0.6 is 0 Å². The highest BCUT2D eigenvalue weighted by atomic mass is 16.5. The number of nitrogens with zero attached hydrogens (tertiary/aromatic N) is 2. The van der Waals surface area contributed by atoms with Crippen molar-refractivity contribution in [1.82, 2.24) is 14.9 Å². The van der Waals surface area contributed by atoms with E-state index in [1.165, 1.54) is 11.3 Å². The van der Waals surface area contributed by atoms with Crippen LogP contribution in [-0.4, -0.2) is 35.4 Å². The molecular weight excluding hydrogens is 262 g/mol. The monoisotopic (exact) mass is 289 g/mol. The number of aromatic nitrogens is 2. The molecule has 1 aromatic heterocycles. The smallest absolute Gasteiger partial charge is 0.109 e. The Bertz CT molecular complexity index is 548. The van der Waals surface area contributed by atoms with E-state index >= 15 is 0 Å². The molecule has 2 aromatic rings. The molecule has 21 heavy (non-hydrogen) atoms. The van der Waals surface area contributed by atoms with Crippen molar-refractivity contribution in [2.24, 2.45) is 0 Å². The fourth-order valence-electron chi connectivity index (χ4n) is 2.48. The van der Waals surface area contributed by atoms with E-state index in [9.17, 15) is 0 Å². The number of rotatable bonds is 9. The maximum Gasteiger partial charge on any atom is 0.109 e. The van der Waals surface area contributed by atoms with Gasteiger partial charge in [-0.15, -0.1) is 0 Å². The van der Waals surface area contributed by atoms with Crippen LogP contribution in [-0.2, 0) is 17.7 Å². The summed E-state index contributed by atoms with van der Waals surface area (Å²) in [6, 6.07) is 8.36. The summed E-state index contributed by atoms with van der Waals surface area (Å²) in [5, 5.41) is 3.48. The largest absolute Gasteiger partial charge is 0.379 e. The van der Waals surface area contributed by atoms with E-state index in [1.54, 1.807) is 0 Å². The quantitative estimate of drug-likeness (QED) is 0.721. The number of hydrogen-bond donors (Lipinski definition) is 1. The first-order valence-electron chi connectivity index (χ1n) is 7.98. The molecule has 0 amide bonds. The molecule has 0 aliphatic carbocycles. The van der Waals surface area contributed by atoms with Crippen LogP contribution in [0.2, 0.25) is 0 Å². The second kappa shape index (κ2) is 8.15. The van der Waals surface area contributed by atoms with Crippen LogP contribution in [0.3, 0.4) is 0 Å². The Kier molecular flexibility index (Phi) is 6.21. The molecule has 2 rings (SSSR count). The van der Waals surface area contributed by atoms with Gasteiger partial charge in [0.2, 0.25) is 0 Å². The van der Waals surface area contributed by atoms with Crippen LogP contribution in [0.1, 0.15) is 33.0 Å². The number of fused-ring (bicyclic) bond motifs is 1. The number of para-hydroxylation sites is 2. The predicted octanol–water partition coefficient (Wildman–Crippen LogP) is 3.00. The van der Waals surface area contributed by atoms with Crippen molar-refractivity contribution in [3.63, 3.8) is 0 Å². The first-order valence-corrected chi connectivity index (χ1v) is 7.98. The highest BCUT2D eigenvalue weighted by Gasteiger charge is 2.07. The molecule has 0 unspecified atom stereocenters. The normalized spacial score (nSPS) is 11.6. The minimum atomic E-state index is 0.328. The van der Waals surface area contributed by atoms with Gasteiger partial charge in [-0.25, -0.2) is 4.98 Å². The first-order chi connectivity index (χ1) is 10.2. The molecule has 1 aromatic carbocycles. The lowest BCUT2D eigenvalue weighted by Crippen LogP contribution is -2.23. The minimum absolute atomic E-state index is 0.328. The molecule has 1 heterocycles. The van der Waals surface area contributed by atoms with Crippen molar-refractivity contribution in [2.45, 2.75) is 46.3 Å². The molecule has 0 spiro atoms. The summed E-state index contributed by atoms with van der Waals surface area (Å²) in [5.41, 5.74) is 2.33. The maximum absolute atomic E-state index is 5.53. The van der Waals surface area contributed by atoms with Gasteiger partial charge in [0.05, 0.1) is 17.1 Å². The van der Waals surface area contributed by atoms with E-state index in [1.807, 2.05) is 6.07 Å². The Labute approximate surface area is 127 Å². The summed E-state index contributed by atoms with van der Waals surface area (Å²) in [6.45, 7) is 10.1. The molecule has 0 saturated carbocycles. The molecule has 4 nitrogen and oxygen atoms in total. The molecule has 0 aliphatic heterocycles. The van der Waals surface area contributed by atoms with Gasteiger partial charge in [-0.2, -0.15) is 0 Å². The zero-order valence-corrected chi connectivity index (χ0v) is 13.4. The molecule has 0 aliphatic rings. The van der Waals surface area contributed by atoms with Crippen LogP contribution in [0, 0.1) is 0 Å². The average molecular weight is 289 g/mol. The zero-order chi connectivity index (χ0) is 15.1. The Morgan fingerprint density at radius 2 is 2.05 bits per heavy atom. The summed E-state index contributed by atoms with van der Waals surface area (Å²) in [4.78, 5) is 4.69. The highest BCUT2D eigenvalue weighted by Crippen LogP contribution is 2.15. The van der Waals surface area contributed by atoms with Gasteiger partial charge in [0.25, 0.3) is 0 Å². The van der Waals surface area contributed by atoms with Crippen LogP contribution in [0.5, 0.6) is 0 Å². The molecule has 0 bridgehead atoms. The molecule has 0 saturated heterocycles. The molecule has 4 heteroatoms. The summed E-state index contributed by atoms with van der Waals surface area (Å²) in [5.74, 6) is 1.17. The van der Waals surface area contributed by atoms with Gasteiger partial charge in [0.15, 0.2) is 0 Å². The third-order valence-electron chi connectivity index (χ3n) is 3.51. The molecule has 0 fully saturated rings. The van der Waals surface area contributed by atoms with E-state index < -0.39 is 0 Å². The summed E-state index contributed by atoms with van der Waals surface area (Å²) < 4.78 is 7.86. The average Bonchev–Trinajstić information content (AvgIpc) is 2.84. The topological polar surface area (TPSA) is 39.1 Å². The summed E-state index contributed by atoms with van der Waals surface area (Å²) in [7, 11) is 0. The molecule has 1 N–H and O–H groups in total. The van der Waals surface area contributed by atoms with Gasteiger partial charge in [0.1, 0.15) is 5.82 Å². The van der Waals surface area contributed by atoms with Crippen LogP contribution in [0.4, 0.5) is 0 Å². The number of nitrogens with one attached hydrogen (secondary N) is 1. The number of imidazole rings is 1. The van der Waals surface area contributed by atoms with Crippen LogP contribution in [0.15, 0.2) is 24.3 Å². The Hall–Kier alpha value is -1.39. The second-order valence-electron chi connectivity index (χ2n) is 5.55. The standard InChI is InChI=1S/C17H27N3O/c1-4-17-19-15-8-5-6-9-16(15)20(17)12-11-18-10-7-13-21-14(2)3/h5-6,8-9,14,18H,4,7,10-13H2,1-3H3. The van der Waals surface area contributed by atoms with Crippen LogP contribution in [0.25, 0.3) is 11.0 Å². The lowest BCUT2D eigenvalue weighted by molar-refractivity contribution is 0.0771.